The molecule has 98 valence electrons. The maximum absolute atomic E-state index is 12.3. The van der Waals surface area contributed by atoms with Crippen molar-refractivity contribution in [3.63, 3.8) is 0 Å². The zero-order chi connectivity index (χ0) is 13.4. The molecule has 1 fully saturated rings. The number of nitrogens with zero attached hydrogens (tertiary/aromatic N) is 1. The molecule has 0 amide bonds. The van der Waals surface area contributed by atoms with E-state index < -0.39 is 0 Å². The van der Waals surface area contributed by atoms with Gasteiger partial charge in [-0.15, -0.1) is 0 Å². The maximum Gasteiger partial charge on any atom is 0.210 e. The molecule has 4 nitrogen and oxygen atoms in total. The molecule has 0 bridgehead atoms. The molecule has 0 N–H and O–H groups in total. The monoisotopic (exact) mass is 277 g/mol. The average Bonchev–Trinajstić information content (AvgIpc) is 2.93. The van der Waals surface area contributed by atoms with Crippen LogP contribution in [0.2, 0.25) is 5.02 Å². The Bertz CT molecular complexity index is 702. The lowest BCUT2D eigenvalue weighted by Crippen LogP contribution is -2.23. The molecular formula is C14H12ClNO3. The highest BCUT2D eigenvalue weighted by Gasteiger charge is 2.22. The van der Waals surface area contributed by atoms with E-state index >= 15 is 0 Å². The summed E-state index contributed by atoms with van der Waals surface area (Å²) in [6, 6.07) is 4.86. The van der Waals surface area contributed by atoms with Crippen molar-refractivity contribution in [3.05, 3.63) is 39.0 Å². The number of anilines is 1. The maximum atomic E-state index is 12.3. The summed E-state index contributed by atoms with van der Waals surface area (Å²) in [4.78, 5) is 25.5. The van der Waals surface area contributed by atoms with Crippen LogP contribution in [-0.4, -0.2) is 19.4 Å². The van der Waals surface area contributed by atoms with Gasteiger partial charge < -0.3 is 9.32 Å². The number of fused-ring (bicyclic) bond motifs is 1. The van der Waals surface area contributed by atoms with Crippen molar-refractivity contribution in [1.82, 2.24) is 0 Å². The van der Waals surface area contributed by atoms with Gasteiger partial charge in [0.2, 0.25) is 11.3 Å². The fourth-order valence-corrected chi connectivity index (χ4v) is 2.60. The first-order valence-electron chi connectivity index (χ1n) is 6.17. The topological polar surface area (TPSA) is 50.5 Å². The van der Waals surface area contributed by atoms with Crippen molar-refractivity contribution in [3.8, 4) is 0 Å². The number of halogens is 1. The van der Waals surface area contributed by atoms with Crippen molar-refractivity contribution in [2.45, 2.75) is 12.8 Å². The lowest BCUT2D eigenvalue weighted by atomic mass is 10.1. The molecule has 0 atom stereocenters. The van der Waals surface area contributed by atoms with Crippen molar-refractivity contribution in [2.24, 2.45) is 0 Å². The van der Waals surface area contributed by atoms with Gasteiger partial charge in [-0.2, -0.15) is 0 Å². The van der Waals surface area contributed by atoms with E-state index in [1.165, 1.54) is 6.07 Å². The Morgan fingerprint density at radius 1 is 1.26 bits per heavy atom. The van der Waals surface area contributed by atoms with Gasteiger partial charge >= 0.3 is 0 Å². The lowest BCUT2D eigenvalue weighted by molar-refractivity contribution is 0.112. The van der Waals surface area contributed by atoms with Gasteiger partial charge in [-0.1, -0.05) is 11.6 Å². The minimum atomic E-state index is -0.319. The Balaban J connectivity index is 2.30. The molecule has 1 aliphatic heterocycles. The molecule has 3 rings (SSSR count). The van der Waals surface area contributed by atoms with Crippen molar-refractivity contribution in [1.29, 1.82) is 0 Å². The second-order valence-corrected chi connectivity index (χ2v) is 5.04. The molecule has 0 spiro atoms. The van der Waals surface area contributed by atoms with Crippen LogP contribution in [0.1, 0.15) is 23.2 Å². The zero-order valence-electron chi connectivity index (χ0n) is 10.2. The second kappa shape index (κ2) is 4.70. The third kappa shape index (κ3) is 2.02. The highest BCUT2D eigenvalue weighted by molar-refractivity contribution is 6.31. The minimum absolute atomic E-state index is 0.0802. The summed E-state index contributed by atoms with van der Waals surface area (Å²) in [5.41, 5.74) is 0.221. The van der Waals surface area contributed by atoms with Gasteiger partial charge in [-0.3, -0.25) is 9.59 Å². The molecular weight excluding hydrogens is 266 g/mol. The fraction of sp³-hybridized carbons (Fsp3) is 0.286. The summed E-state index contributed by atoms with van der Waals surface area (Å²) in [7, 11) is 0. The summed E-state index contributed by atoms with van der Waals surface area (Å²) in [5.74, 6) is 0.382. The summed E-state index contributed by atoms with van der Waals surface area (Å²) in [6.07, 6.45) is 2.65. The number of carbonyl (C=O) groups excluding carboxylic acids is 1. The largest absolute Gasteiger partial charge is 0.439 e. The van der Waals surface area contributed by atoms with Crippen LogP contribution in [0.3, 0.4) is 0 Å². The fourth-order valence-electron chi connectivity index (χ4n) is 2.43. The van der Waals surface area contributed by atoms with Crippen molar-refractivity contribution < 1.29 is 9.21 Å². The number of hydrogen-bond donors (Lipinski definition) is 0. The van der Waals surface area contributed by atoms with E-state index in [-0.39, 0.29) is 11.0 Å². The zero-order valence-corrected chi connectivity index (χ0v) is 10.9. The SMILES string of the molecule is O=Cc1c(N2CCCC2)oc2ccc(Cl)cc2c1=O. The number of hydrogen-bond acceptors (Lipinski definition) is 4. The van der Waals surface area contributed by atoms with Crippen molar-refractivity contribution >= 4 is 34.7 Å². The Kier molecular flexibility index (Phi) is 3.03. The average molecular weight is 278 g/mol. The molecule has 0 unspecified atom stereocenters. The molecule has 0 aliphatic carbocycles. The van der Waals surface area contributed by atoms with E-state index in [1.807, 2.05) is 4.90 Å². The second-order valence-electron chi connectivity index (χ2n) is 4.60. The lowest BCUT2D eigenvalue weighted by Gasteiger charge is -2.17. The smallest absolute Gasteiger partial charge is 0.210 e. The van der Waals surface area contributed by atoms with Crippen LogP contribution in [-0.2, 0) is 0 Å². The van der Waals surface area contributed by atoms with E-state index in [0.29, 0.717) is 28.2 Å². The van der Waals surface area contributed by atoms with E-state index in [0.717, 1.165) is 25.9 Å². The van der Waals surface area contributed by atoms with E-state index in [1.54, 1.807) is 12.1 Å². The predicted octanol–water partition coefficient (Wildman–Crippen LogP) is 2.86. The van der Waals surface area contributed by atoms with Gasteiger partial charge in [-0.05, 0) is 31.0 Å². The molecule has 1 saturated heterocycles. The van der Waals surface area contributed by atoms with Crippen LogP contribution >= 0.6 is 11.6 Å². The van der Waals surface area contributed by atoms with E-state index in [9.17, 15) is 9.59 Å². The number of carbonyl (C=O) groups is 1. The van der Waals surface area contributed by atoms with E-state index in [4.69, 9.17) is 16.0 Å². The Hall–Kier alpha value is -1.81. The predicted molar refractivity (Wildman–Crippen MR) is 74.3 cm³/mol. The van der Waals surface area contributed by atoms with Gasteiger partial charge in [-0.25, -0.2) is 0 Å². The standard InChI is InChI=1S/C14H12ClNO3/c15-9-3-4-12-10(7-9)13(18)11(8-17)14(19-12)16-5-1-2-6-16/h3-4,7-8H,1-2,5-6H2. The summed E-state index contributed by atoms with van der Waals surface area (Å²) in [6.45, 7) is 1.62. The molecule has 2 aromatic rings. The van der Waals surface area contributed by atoms with Crippen LogP contribution in [0.25, 0.3) is 11.0 Å². The quantitative estimate of drug-likeness (QED) is 0.792. The van der Waals surface area contributed by atoms with Crippen LogP contribution in [0.4, 0.5) is 5.88 Å². The normalized spacial score (nSPS) is 15.1. The van der Waals surface area contributed by atoms with Gasteiger partial charge in [0.25, 0.3) is 0 Å². The Morgan fingerprint density at radius 3 is 2.68 bits per heavy atom. The molecule has 2 heterocycles. The van der Waals surface area contributed by atoms with Crippen LogP contribution in [0.15, 0.2) is 27.4 Å². The molecule has 0 saturated carbocycles. The van der Waals surface area contributed by atoms with Gasteiger partial charge in [0, 0.05) is 18.1 Å². The minimum Gasteiger partial charge on any atom is -0.439 e. The first-order chi connectivity index (χ1) is 9.20. The molecule has 1 aromatic carbocycles. The van der Waals surface area contributed by atoms with Gasteiger partial charge in [0.1, 0.15) is 11.1 Å². The number of benzene rings is 1. The first-order valence-corrected chi connectivity index (χ1v) is 6.55. The first kappa shape index (κ1) is 12.2. The van der Waals surface area contributed by atoms with Crippen LogP contribution < -0.4 is 10.3 Å². The number of aldehydes is 1. The van der Waals surface area contributed by atoms with Crippen LogP contribution in [0.5, 0.6) is 0 Å². The van der Waals surface area contributed by atoms with Crippen molar-refractivity contribution in [2.75, 3.05) is 18.0 Å². The third-order valence-electron chi connectivity index (χ3n) is 3.38. The molecule has 1 aliphatic rings. The van der Waals surface area contributed by atoms with E-state index in [2.05, 4.69) is 0 Å². The third-order valence-corrected chi connectivity index (χ3v) is 3.61. The Labute approximate surface area is 114 Å². The summed E-state index contributed by atoms with van der Waals surface area (Å²) in [5, 5.41) is 0.795. The van der Waals surface area contributed by atoms with Gasteiger partial charge in [0.05, 0.1) is 5.39 Å². The van der Waals surface area contributed by atoms with Gasteiger partial charge in [0.15, 0.2) is 6.29 Å². The molecule has 1 aromatic heterocycles. The summed E-state index contributed by atoms with van der Waals surface area (Å²) >= 11 is 5.87. The molecule has 0 radical (unpaired) electrons. The molecule has 5 heteroatoms. The highest BCUT2D eigenvalue weighted by Crippen LogP contribution is 2.27. The van der Waals surface area contributed by atoms with Crippen LogP contribution in [0, 0.1) is 0 Å². The summed E-state index contributed by atoms with van der Waals surface area (Å²) < 4.78 is 5.74. The Morgan fingerprint density at radius 2 is 2.00 bits per heavy atom. The number of rotatable bonds is 2. The highest BCUT2D eigenvalue weighted by atomic mass is 35.5. The molecule has 19 heavy (non-hydrogen) atoms.